The predicted octanol–water partition coefficient (Wildman–Crippen LogP) is 2.20. The average Bonchev–Trinajstić information content (AvgIpc) is 2.96. The van der Waals surface area contributed by atoms with Crippen molar-refractivity contribution in [2.24, 2.45) is 14.1 Å². The number of imidazole rings is 1. The maximum atomic E-state index is 12.7. The third kappa shape index (κ3) is 2.68. The van der Waals surface area contributed by atoms with Crippen LogP contribution in [-0.4, -0.2) is 18.7 Å². The van der Waals surface area contributed by atoms with Gasteiger partial charge in [-0.25, -0.2) is 9.59 Å². The van der Waals surface area contributed by atoms with Crippen LogP contribution in [0.3, 0.4) is 0 Å². The molecule has 0 fully saturated rings. The molecule has 28 heavy (non-hydrogen) atoms. The fourth-order valence-corrected chi connectivity index (χ4v) is 3.60. The van der Waals surface area contributed by atoms with E-state index in [-0.39, 0.29) is 23.0 Å². The Kier molecular flexibility index (Phi) is 4.20. The highest BCUT2D eigenvalue weighted by molar-refractivity contribution is 6.32. The van der Waals surface area contributed by atoms with Crippen molar-refractivity contribution in [1.29, 1.82) is 0 Å². The molecule has 10 heteroatoms. The molecule has 0 atom stereocenters. The molecule has 0 bridgehead atoms. The molecule has 0 saturated carbocycles. The van der Waals surface area contributed by atoms with E-state index in [0.717, 1.165) is 10.1 Å². The van der Waals surface area contributed by atoms with E-state index in [0.29, 0.717) is 21.6 Å². The van der Waals surface area contributed by atoms with Crippen LogP contribution in [0.1, 0.15) is 11.1 Å². The summed E-state index contributed by atoms with van der Waals surface area (Å²) in [5.41, 5.74) is 0.462. The minimum Gasteiger partial charge on any atom is -0.423 e. The van der Waals surface area contributed by atoms with Crippen LogP contribution in [0.2, 0.25) is 10.3 Å². The van der Waals surface area contributed by atoms with Gasteiger partial charge in [-0.05, 0) is 41.8 Å². The van der Waals surface area contributed by atoms with E-state index < -0.39 is 16.9 Å². The van der Waals surface area contributed by atoms with Crippen molar-refractivity contribution in [1.82, 2.24) is 18.7 Å². The van der Waals surface area contributed by atoms with Gasteiger partial charge in [-0.3, -0.25) is 13.9 Å². The minimum atomic E-state index is -0.537. The maximum absolute atomic E-state index is 12.7. The standard InChI is InChI=1S/C18H14Cl2N4O4/c1-8-4-12-10(6-11(8)19)9(5-13(25)28-12)7-24-14-15(21-17(24)20)22(2)18(27)23(3)16(14)26/h4-6H,7H2,1-3H3. The lowest BCUT2D eigenvalue weighted by Crippen LogP contribution is -2.37. The molecule has 0 aliphatic rings. The van der Waals surface area contributed by atoms with E-state index in [1.807, 2.05) is 0 Å². The fourth-order valence-electron chi connectivity index (χ4n) is 3.21. The second kappa shape index (κ2) is 6.35. The number of hydrogen-bond donors (Lipinski definition) is 0. The van der Waals surface area contributed by atoms with Crippen molar-refractivity contribution < 1.29 is 4.42 Å². The monoisotopic (exact) mass is 420 g/mol. The van der Waals surface area contributed by atoms with Gasteiger partial charge < -0.3 is 8.98 Å². The SMILES string of the molecule is Cc1cc2oc(=O)cc(Cn3c(Cl)nc4c3c(=O)n(C)c(=O)n4C)c2cc1Cl. The molecule has 0 N–H and O–H groups in total. The van der Waals surface area contributed by atoms with Crippen molar-refractivity contribution in [3.8, 4) is 0 Å². The summed E-state index contributed by atoms with van der Waals surface area (Å²) in [7, 11) is 2.89. The summed E-state index contributed by atoms with van der Waals surface area (Å²) in [5, 5.41) is 1.16. The highest BCUT2D eigenvalue weighted by Gasteiger charge is 2.19. The summed E-state index contributed by atoms with van der Waals surface area (Å²) in [5.74, 6) is 0. The maximum Gasteiger partial charge on any atom is 0.336 e. The Bertz CT molecular complexity index is 1460. The lowest BCUT2D eigenvalue weighted by molar-refractivity contribution is 0.557. The topological polar surface area (TPSA) is 92.0 Å². The Morgan fingerprint density at radius 1 is 1.07 bits per heavy atom. The zero-order chi connectivity index (χ0) is 20.3. The molecule has 0 unspecified atom stereocenters. The van der Waals surface area contributed by atoms with Gasteiger partial charge in [0.25, 0.3) is 5.56 Å². The van der Waals surface area contributed by atoms with Gasteiger partial charge in [-0.2, -0.15) is 4.98 Å². The molecule has 4 rings (SSSR count). The van der Waals surface area contributed by atoms with E-state index in [9.17, 15) is 14.4 Å². The van der Waals surface area contributed by atoms with Crippen molar-refractivity contribution in [2.45, 2.75) is 13.5 Å². The van der Waals surface area contributed by atoms with Crippen LogP contribution in [0.15, 0.2) is 37.0 Å². The third-order valence-corrected chi connectivity index (χ3v) is 5.44. The summed E-state index contributed by atoms with van der Waals surface area (Å²) < 4.78 is 8.96. The molecule has 0 aliphatic carbocycles. The van der Waals surface area contributed by atoms with Crippen LogP contribution in [-0.2, 0) is 20.6 Å². The van der Waals surface area contributed by atoms with E-state index in [1.54, 1.807) is 19.1 Å². The summed E-state index contributed by atoms with van der Waals surface area (Å²) in [6.45, 7) is 1.88. The van der Waals surface area contributed by atoms with Crippen LogP contribution in [0.4, 0.5) is 0 Å². The molecule has 0 aliphatic heterocycles. The van der Waals surface area contributed by atoms with Crippen LogP contribution < -0.4 is 16.9 Å². The number of nitrogens with zero attached hydrogens (tertiary/aromatic N) is 4. The Hall–Kier alpha value is -2.84. The average molecular weight is 421 g/mol. The van der Waals surface area contributed by atoms with Gasteiger partial charge >= 0.3 is 11.3 Å². The first kappa shape index (κ1) is 18.5. The number of hydrogen-bond acceptors (Lipinski definition) is 5. The molecule has 0 spiro atoms. The molecule has 144 valence electrons. The second-order valence-corrected chi connectivity index (χ2v) is 7.28. The lowest BCUT2D eigenvalue weighted by Gasteiger charge is -2.10. The Morgan fingerprint density at radius 3 is 2.50 bits per heavy atom. The second-order valence-electron chi connectivity index (χ2n) is 6.53. The molecule has 4 aromatic rings. The first-order valence-electron chi connectivity index (χ1n) is 8.23. The first-order chi connectivity index (χ1) is 13.2. The number of rotatable bonds is 2. The van der Waals surface area contributed by atoms with Crippen molar-refractivity contribution in [3.63, 3.8) is 0 Å². The summed E-state index contributed by atoms with van der Waals surface area (Å²) in [4.78, 5) is 41.0. The smallest absolute Gasteiger partial charge is 0.336 e. The highest BCUT2D eigenvalue weighted by atomic mass is 35.5. The zero-order valence-corrected chi connectivity index (χ0v) is 16.6. The quantitative estimate of drug-likeness (QED) is 0.366. The minimum absolute atomic E-state index is 0.0212. The van der Waals surface area contributed by atoms with Gasteiger partial charge in [0.2, 0.25) is 5.28 Å². The number of benzene rings is 1. The molecular weight excluding hydrogens is 407 g/mol. The molecule has 0 saturated heterocycles. The van der Waals surface area contributed by atoms with Crippen LogP contribution in [0, 0.1) is 6.92 Å². The van der Waals surface area contributed by atoms with Gasteiger partial charge in [-0.15, -0.1) is 0 Å². The van der Waals surface area contributed by atoms with Gasteiger partial charge in [0.15, 0.2) is 11.2 Å². The summed E-state index contributed by atoms with van der Waals surface area (Å²) in [6.07, 6.45) is 0. The predicted molar refractivity (Wildman–Crippen MR) is 107 cm³/mol. The molecule has 1 aromatic carbocycles. The zero-order valence-electron chi connectivity index (χ0n) is 15.1. The third-order valence-electron chi connectivity index (χ3n) is 4.74. The van der Waals surface area contributed by atoms with Gasteiger partial charge in [0, 0.05) is 30.6 Å². The molecule has 3 heterocycles. The summed E-state index contributed by atoms with van der Waals surface area (Å²) in [6, 6.07) is 4.70. The van der Waals surface area contributed by atoms with Crippen molar-refractivity contribution in [3.05, 3.63) is 70.9 Å². The van der Waals surface area contributed by atoms with E-state index in [1.165, 1.54) is 29.3 Å². The van der Waals surface area contributed by atoms with E-state index >= 15 is 0 Å². The van der Waals surface area contributed by atoms with E-state index in [4.69, 9.17) is 27.6 Å². The van der Waals surface area contributed by atoms with Crippen molar-refractivity contribution >= 4 is 45.3 Å². The molecule has 0 amide bonds. The normalized spacial score (nSPS) is 11.6. The molecule has 3 aromatic heterocycles. The molecular formula is C18H14Cl2N4O4. The number of aromatic nitrogens is 4. The lowest BCUT2D eigenvalue weighted by atomic mass is 10.1. The van der Waals surface area contributed by atoms with Crippen molar-refractivity contribution in [2.75, 3.05) is 0 Å². The highest BCUT2D eigenvalue weighted by Crippen LogP contribution is 2.27. The van der Waals surface area contributed by atoms with Gasteiger partial charge in [0.05, 0.1) is 6.54 Å². The Labute approximate surface area is 167 Å². The van der Waals surface area contributed by atoms with Crippen LogP contribution in [0.5, 0.6) is 0 Å². The number of aryl methyl sites for hydroxylation is 2. The van der Waals surface area contributed by atoms with Crippen LogP contribution in [0.25, 0.3) is 22.1 Å². The number of fused-ring (bicyclic) bond motifs is 2. The Morgan fingerprint density at radius 2 is 1.79 bits per heavy atom. The van der Waals surface area contributed by atoms with E-state index in [2.05, 4.69) is 4.98 Å². The van der Waals surface area contributed by atoms with Gasteiger partial charge in [-0.1, -0.05) is 11.6 Å². The van der Waals surface area contributed by atoms with Crippen LogP contribution >= 0.6 is 23.2 Å². The molecule has 8 nitrogen and oxygen atoms in total. The Balaban J connectivity index is 2.03. The molecule has 0 radical (unpaired) electrons. The fraction of sp³-hybridized carbons (Fsp3) is 0.222. The largest absolute Gasteiger partial charge is 0.423 e. The number of halogens is 2. The first-order valence-corrected chi connectivity index (χ1v) is 8.99. The summed E-state index contributed by atoms with van der Waals surface area (Å²) >= 11 is 12.5. The van der Waals surface area contributed by atoms with Gasteiger partial charge in [0.1, 0.15) is 5.58 Å².